The minimum atomic E-state index is -0.462. The predicted octanol–water partition coefficient (Wildman–Crippen LogP) is 2.99. The van der Waals surface area contributed by atoms with Crippen molar-refractivity contribution >= 4 is 23.2 Å². The number of hydrogen-bond donors (Lipinski definition) is 0. The first-order valence-corrected chi connectivity index (χ1v) is 6.97. The van der Waals surface area contributed by atoms with Crippen LogP contribution in [0, 0.1) is 23.0 Å². The monoisotopic (exact) mass is 296 g/mol. The molecule has 1 saturated carbocycles. The topological polar surface area (TPSA) is 63.5 Å². The lowest BCUT2D eigenvalue weighted by molar-refractivity contribution is -0.385. The fourth-order valence-corrected chi connectivity index (χ4v) is 3.04. The van der Waals surface area contributed by atoms with Crippen LogP contribution in [0.25, 0.3) is 0 Å². The number of nitro benzene ring substituents is 1. The van der Waals surface area contributed by atoms with E-state index in [2.05, 4.69) is 0 Å². The van der Waals surface area contributed by atoms with Gasteiger partial charge in [-0.05, 0) is 31.7 Å². The first kappa shape index (κ1) is 14.8. The molecule has 0 radical (unpaired) electrons. The van der Waals surface area contributed by atoms with Gasteiger partial charge in [-0.2, -0.15) is 0 Å². The van der Waals surface area contributed by atoms with Gasteiger partial charge in [0.05, 0.1) is 4.92 Å². The number of hydrogen-bond acceptors (Lipinski definition) is 3. The van der Waals surface area contributed by atoms with E-state index >= 15 is 0 Å². The van der Waals surface area contributed by atoms with Crippen LogP contribution in [0.4, 0.5) is 5.69 Å². The van der Waals surface area contributed by atoms with E-state index in [0.717, 1.165) is 12.8 Å². The van der Waals surface area contributed by atoms with Crippen LogP contribution in [-0.4, -0.2) is 34.7 Å². The van der Waals surface area contributed by atoms with E-state index < -0.39 is 4.92 Å². The van der Waals surface area contributed by atoms with Crippen molar-refractivity contribution in [2.45, 2.75) is 25.1 Å². The SMILES string of the molecule is Cc1c(C(=O)N(C)CC2CC(Cl)C2)cccc1[N+](=O)[O-]. The Bertz CT molecular complexity index is 541. The Labute approximate surface area is 122 Å². The fraction of sp³-hybridized carbons (Fsp3) is 0.500. The highest BCUT2D eigenvalue weighted by Gasteiger charge is 2.30. The molecule has 0 saturated heterocycles. The summed E-state index contributed by atoms with van der Waals surface area (Å²) in [4.78, 5) is 24.4. The second-order valence-corrected chi connectivity index (χ2v) is 5.94. The second kappa shape index (κ2) is 5.79. The number of carbonyl (C=O) groups excluding carboxylic acids is 1. The predicted molar refractivity (Wildman–Crippen MR) is 77.2 cm³/mol. The highest BCUT2D eigenvalue weighted by atomic mass is 35.5. The Morgan fingerprint density at radius 1 is 1.50 bits per heavy atom. The number of carbonyl (C=O) groups is 1. The van der Waals surface area contributed by atoms with Crippen molar-refractivity contribution in [1.82, 2.24) is 4.90 Å². The maximum absolute atomic E-state index is 12.4. The molecule has 0 atom stereocenters. The van der Waals surface area contributed by atoms with Crippen molar-refractivity contribution in [3.05, 3.63) is 39.4 Å². The highest BCUT2D eigenvalue weighted by molar-refractivity contribution is 6.21. The highest BCUT2D eigenvalue weighted by Crippen LogP contribution is 2.32. The van der Waals surface area contributed by atoms with Gasteiger partial charge < -0.3 is 4.90 Å². The number of nitro groups is 1. The lowest BCUT2D eigenvalue weighted by Crippen LogP contribution is -2.38. The minimum Gasteiger partial charge on any atom is -0.341 e. The summed E-state index contributed by atoms with van der Waals surface area (Å²) in [6, 6.07) is 4.59. The molecule has 1 aliphatic rings. The number of rotatable bonds is 4. The van der Waals surface area contributed by atoms with Crippen LogP contribution in [0.15, 0.2) is 18.2 Å². The summed E-state index contributed by atoms with van der Waals surface area (Å²) in [5.41, 5.74) is 0.787. The summed E-state index contributed by atoms with van der Waals surface area (Å²) in [6.45, 7) is 2.25. The first-order valence-electron chi connectivity index (χ1n) is 6.53. The quantitative estimate of drug-likeness (QED) is 0.487. The molecule has 0 spiro atoms. The summed E-state index contributed by atoms with van der Waals surface area (Å²) in [6.07, 6.45) is 1.85. The molecule has 1 fully saturated rings. The Morgan fingerprint density at radius 3 is 2.70 bits per heavy atom. The van der Waals surface area contributed by atoms with Crippen LogP contribution in [-0.2, 0) is 0 Å². The van der Waals surface area contributed by atoms with E-state index in [9.17, 15) is 14.9 Å². The second-order valence-electron chi connectivity index (χ2n) is 5.33. The van der Waals surface area contributed by atoms with Crippen molar-refractivity contribution in [3.8, 4) is 0 Å². The van der Waals surface area contributed by atoms with Gasteiger partial charge in [0.2, 0.25) is 0 Å². The molecule has 108 valence electrons. The summed E-state index contributed by atoms with van der Waals surface area (Å²) in [5, 5.41) is 11.1. The molecule has 6 heteroatoms. The number of halogens is 1. The molecule has 2 rings (SSSR count). The van der Waals surface area contributed by atoms with Crippen molar-refractivity contribution < 1.29 is 9.72 Å². The van der Waals surface area contributed by atoms with Crippen molar-refractivity contribution in [2.75, 3.05) is 13.6 Å². The molecule has 0 heterocycles. The third-order valence-corrected chi connectivity index (χ3v) is 4.15. The summed E-state index contributed by atoms with van der Waals surface area (Å²) < 4.78 is 0. The largest absolute Gasteiger partial charge is 0.341 e. The van der Waals surface area contributed by atoms with Crippen LogP contribution in [0.1, 0.15) is 28.8 Å². The van der Waals surface area contributed by atoms with E-state index in [1.54, 1.807) is 31.0 Å². The molecule has 1 aromatic carbocycles. The fourth-order valence-electron chi connectivity index (χ4n) is 2.53. The molecule has 20 heavy (non-hydrogen) atoms. The molecule has 1 aliphatic carbocycles. The van der Waals surface area contributed by atoms with Crippen LogP contribution in [0.2, 0.25) is 0 Å². The smallest absolute Gasteiger partial charge is 0.273 e. The molecule has 5 nitrogen and oxygen atoms in total. The van der Waals surface area contributed by atoms with E-state index in [1.165, 1.54) is 6.07 Å². The average molecular weight is 297 g/mol. The zero-order valence-corrected chi connectivity index (χ0v) is 12.3. The van der Waals surface area contributed by atoms with E-state index in [4.69, 9.17) is 11.6 Å². The van der Waals surface area contributed by atoms with Gasteiger partial charge in [0, 0.05) is 36.2 Å². The number of alkyl halides is 1. The van der Waals surface area contributed by atoms with Gasteiger partial charge in [0.1, 0.15) is 0 Å². The Balaban J connectivity index is 2.12. The average Bonchev–Trinajstić information content (AvgIpc) is 2.36. The summed E-state index contributed by atoms with van der Waals surface area (Å²) in [5.74, 6) is 0.259. The van der Waals surface area contributed by atoms with Gasteiger partial charge in [-0.1, -0.05) is 6.07 Å². The van der Waals surface area contributed by atoms with Crippen molar-refractivity contribution in [1.29, 1.82) is 0 Å². The molecule has 0 aliphatic heterocycles. The molecular formula is C14H17ClN2O3. The van der Waals surface area contributed by atoms with E-state index in [-0.39, 0.29) is 17.0 Å². The third kappa shape index (κ3) is 2.93. The molecule has 1 amide bonds. The van der Waals surface area contributed by atoms with Crippen LogP contribution in [0.5, 0.6) is 0 Å². The lowest BCUT2D eigenvalue weighted by Gasteiger charge is -2.34. The minimum absolute atomic E-state index is 0.0197. The van der Waals surface area contributed by atoms with Gasteiger partial charge in [-0.3, -0.25) is 14.9 Å². The molecule has 0 aromatic heterocycles. The Kier molecular flexibility index (Phi) is 4.28. The molecular weight excluding hydrogens is 280 g/mol. The third-order valence-electron chi connectivity index (χ3n) is 3.79. The van der Waals surface area contributed by atoms with E-state index in [0.29, 0.717) is 23.6 Å². The molecule has 0 unspecified atom stereocenters. The van der Waals surface area contributed by atoms with Gasteiger partial charge >= 0.3 is 0 Å². The standard InChI is InChI=1S/C14H17ClN2O3/c1-9-12(4-3-5-13(9)17(19)20)14(18)16(2)8-10-6-11(15)7-10/h3-5,10-11H,6-8H2,1-2H3. The van der Waals surface area contributed by atoms with Gasteiger partial charge in [-0.15, -0.1) is 11.6 Å². The van der Waals surface area contributed by atoms with Gasteiger partial charge in [-0.25, -0.2) is 0 Å². The van der Waals surface area contributed by atoms with Crippen molar-refractivity contribution in [3.63, 3.8) is 0 Å². The van der Waals surface area contributed by atoms with Crippen LogP contribution < -0.4 is 0 Å². The maximum atomic E-state index is 12.4. The molecule has 0 N–H and O–H groups in total. The number of nitrogens with zero attached hydrogens (tertiary/aromatic N) is 2. The summed E-state index contributed by atoms with van der Waals surface area (Å²) >= 11 is 5.93. The number of amides is 1. The zero-order chi connectivity index (χ0) is 14.9. The van der Waals surface area contributed by atoms with Crippen LogP contribution >= 0.6 is 11.6 Å². The normalized spacial score (nSPS) is 21.1. The van der Waals surface area contributed by atoms with Gasteiger partial charge in [0.15, 0.2) is 0 Å². The van der Waals surface area contributed by atoms with Gasteiger partial charge in [0.25, 0.3) is 11.6 Å². The zero-order valence-electron chi connectivity index (χ0n) is 11.5. The molecule has 0 bridgehead atoms. The number of benzene rings is 1. The summed E-state index contributed by atoms with van der Waals surface area (Å²) in [7, 11) is 1.72. The van der Waals surface area contributed by atoms with E-state index in [1.807, 2.05) is 0 Å². The first-order chi connectivity index (χ1) is 9.40. The Hall–Kier alpha value is -1.62. The van der Waals surface area contributed by atoms with Crippen molar-refractivity contribution in [2.24, 2.45) is 5.92 Å². The lowest BCUT2D eigenvalue weighted by atomic mass is 9.84. The van der Waals surface area contributed by atoms with Crippen LogP contribution in [0.3, 0.4) is 0 Å². The maximum Gasteiger partial charge on any atom is 0.273 e. The molecule has 1 aromatic rings. The Morgan fingerprint density at radius 2 is 2.15 bits per heavy atom.